The number of rotatable bonds is 11. The number of β-amino-alcohol motifs (C(OH)–C–C–N with tert-alkyl or cyclic N) is 1. The Morgan fingerprint density at radius 1 is 1.04 bits per heavy atom. The molecule has 0 spiro atoms. The van der Waals surface area contributed by atoms with E-state index >= 15 is 0 Å². The highest BCUT2D eigenvalue weighted by Crippen LogP contribution is 2.45. The molecule has 1 N–H and O–H groups in total. The Kier molecular flexibility index (Phi) is 8.49. The molecule has 0 saturated carbocycles. The third kappa shape index (κ3) is 7.12. The van der Waals surface area contributed by atoms with Gasteiger partial charge >= 0.3 is 18.3 Å². The van der Waals surface area contributed by atoms with Crippen LogP contribution < -0.4 is 0 Å². The summed E-state index contributed by atoms with van der Waals surface area (Å²) in [6.45, 7) is 1.14. The minimum atomic E-state index is -5.86. The van der Waals surface area contributed by atoms with Crippen LogP contribution in [-0.4, -0.2) is 86.4 Å². The number of nitrogens with zero attached hydrogens (tertiary/aromatic N) is 1. The topological polar surface area (TPSA) is 41.9 Å². The summed E-state index contributed by atoms with van der Waals surface area (Å²) >= 11 is 0. The van der Waals surface area contributed by atoms with E-state index in [4.69, 9.17) is 9.47 Å². The smallest absolute Gasteiger partial charge is 0.369 e. The van der Waals surface area contributed by atoms with Gasteiger partial charge in [0.1, 0.15) is 0 Å². The summed E-state index contributed by atoms with van der Waals surface area (Å²) in [6, 6.07) is 0. The Balaban J connectivity index is 2.34. The molecule has 1 rings (SSSR count). The van der Waals surface area contributed by atoms with Crippen LogP contribution in [0.5, 0.6) is 0 Å². The highest BCUT2D eigenvalue weighted by molar-refractivity contribution is 4.91. The van der Waals surface area contributed by atoms with Gasteiger partial charge in [0.2, 0.25) is 0 Å². The van der Waals surface area contributed by atoms with Crippen LogP contribution >= 0.6 is 0 Å². The lowest BCUT2D eigenvalue weighted by molar-refractivity contribution is -0.283. The van der Waals surface area contributed by atoms with Crippen LogP contribution in [0, 0.1) is 0 Å². The molecule has 1 aliphatic heterocycles. The highest BCUT2D eigenvalue weighted by atomic mass is 19.3. The molecule has 0 aromatic heterocycles. The summed E-state index contributed by atoms with van der Waals surface area (Å²) in [5.74, 6) is -15.8. The summed E-state index contributed by atoms with van der Waals surface area (Å²) < 4.78 is 112. The van der Waals surface area contributed by atoms with E-state index in [1.807, 2.05) is 4.90 Å². The van der Waals surface area contributed by atoms with Gasteiger partial charge in [-0.05, 0) is 0 Å². The monoisotopic (exact) mass is 403 g/mol. The van der Waals surface area contributed by atoms with Crippen molar-refractivity contribution in [1.82, 2.24) is 4.90 Å². The summed E-state index contributed by atoms with van der Waals surface area (Å²) in [5.41, 5.74) is 0. The Morgan fingerprint density at radius 3 is 2.15 bits per heavy atom. The van der Waals surface area contributed by atoms with Crippen LogP contribution in [0.25, 0.3) is 0 Å². The predicted molar refractivity (Wildman–Crippen MR) is 74.2 cm³/mol. The largest absolute Gasteiger partial charge is 0.389 e. The maximum absolute atomic E-state index is 13.4. The fourth-order valence-electron chi connectivity index (χ4n) is 2.27. The van der Waals surface area contributed by atoms with Crippen molar-refractivity contribution in [2.24, 2.45) is 0 Å². The van der Waals surface area contributed by atoms with E-state index in [1.165, 1.54) is 0 Å². The van der Waals surface area contributed by atoms with Crippen LogP contribution in [0.4, 0.5) is 35.1 Å². The maximum atomic E-state index is 13.4. The van der Waals surface area contributed by atoms with Crippen molar-refractivity contribution < 1.29 is 49.7 Å². The van der Waals surface area contributed by atoms with Crippen molar-refractivity contribution in [3.05, 3.63) is 0 Å². The van der Waals surface area contributed by atoms with Gasteiger partial charge in [0, 0.05) is 26.1 Å². The number of alkyl halides is 8. The van der Waals surface area contributed by atoms with Crippen molar-refractivity contribution in [3.8, 4) is 0 Å². The number of hydrogen-bond acceptors (Lipinski definition) is 4. The van der Waals surface area contributed by atoms with Gasteiger partial charge in [0.05, 0.1) is 39.0 Å². The molecule has 156 valence electrons. The van der Waals surface area contributed by atoms with E-state index in [0.717, 1.165) is 0 Å². The Bertz CT molecular complexity index is 419. The molecular formula is C14H21F8NO3. The summed E-state index contributed by atoms with van der Waals surface area (Å²) in [5, 5.41) is 9.69. The zero-order valence-electron chi connectivity index (χ0n) is 13.8. The summed E-state index contributed by atoms with van der Waals surface area (Å²) in [4.78, 5) is 1.85. The summed E-state index contributed by atoms with van der Waals surface area (Å²) in [6.07, 6.45) is -9.88. The zero-order valence-corrected chi connectivity index (χ0v) is 13.8. The number of aliphatic hydroxyl groups is 1. The molecule has 0 aliphatic carbocycles. The SMILES string of the molecule is OC(COCCC(F)(F)CC(F)(F)C(F)(F)C(F)F)CN1CCOCC1. The van der Waals surface area contributed by atoms with E-state index < -0.39 is 49.7 Å². The molecule has 0 aromatic carbocycles. The molecule has 0 radical (unpaired) electrons. The van der Waals surface area contributed by atoms with E-state index in [1.54, 1.807) is 0 Å². The second-order valence-electron chi connectivity index (χ2n) is 6.05. The van der Waals surface area contributed by atoms with E-state index in [9.17, 15) is 40.2 Å². The van der Waals surface area contributed by atoms with Crippen LogP contribution in [-0.2, 0) is 9.47 Å². The molecule has 1 unspecified atom stereocenters. The van der Waals surface area contributed by atoms with Gasteiger partial charge < -0.3 is 14.6 Å². The van der Waals surface area contributed by atoms with Crippen LogP contribution in [0.2, 0.25) is 0 Å². The second-order valence-corrected chi connectivity index (χ2v) is 6.05. The lowest BCUT2D eigenvalue weighted by Gasteiger charge is -2.29. The van der Waals surface area contributed by atoms with E-state index in [2.05, 4.69) is 0 Å². The van der Waals surface area contributed by atoms with Crippen molar-refractivity contribution in [3.63, 3.8) is 0 Å². The first-order chi connectivity index (χ1) is 11.9. The molecule has 0 bridgehead atoms. The lowest BCUT2D eigenvalue weighted by Crippen LogP contribution is -2.49. The van der Waals surface area contributed by atoms with Crippen LogP contribution in [0.15, 0.2) is 0 Å². The van der Waals surface area contributed by atoms with Crippen molar-refractivity contribution in [2.45, 2.75) is 43.1 Å². The molecule has 26 heavy (non-hydrogen) atoms. The fraction of sp³-hybridized carbons (Fsp3) is 1.00. The second kappa shape index (κ2) is 9.47. The van der Waals surface area contributed by atoms with Gasteiger partial charge in [-0.25, -0.2) is 17.6 Å². The molecule has 0 amide bonds. The normalized spacial score (nSPS) is 19.2. The standard InChI is InChI=1S/C14H21F8NO3/c15-11(16)14(21,22)13(19,20)9-12(17,18)1-4-26-8-10(24)7-23-2-5-25-6-3-23/h10-11,24H,1-9H2. The van der Waals surface area contributed by atoms with Gasteiger partial charge in [0.15, 0.2) is 0 Å². The first-order valence-corrected chi connectivity index (χ1v) is 7.85. The van der Waals surface area contributed by atoms with Crippen LogP contribution in [0.1, 0.15) is 12.8 Å². The van der Waals surface area contributed by atoms with E-state index in [-0.39, 0.29) is 13.2 Å². The number of ether oxygens (including phenoxy) is 2. The van der Waals surface area contributed by atoms with Gasteiger partial charge in [0.25, 0.3) is 5.92 Å². The minimum absolute atomic E-state index is 0.193. The molecule has 4 nitrogen and oxygen atoms in total. The average Bonchev–Trinajstić information content (AvgIpc) is 2.51. The Labute approximate surface area is 145 Å². The Hall–Kier alpha value is -0.720. The minimum Gasteiger partial charge on any atom is -0.389 e. The first kappa shape index (κ1) is 23.3. The quantitative estimate of drug-likeness (QED) is 0.426. The molecular weight excluding hydrogens is 382 g/mol. The van der Waals surface area contributed by atoms with Gasteiger partial charge in [-0.2, -0.15) is 17.6 Å². The number of halogens is 8. The van der Waals surface area contributed by atoms with Crippen molar-refractivity contribution in [1.29, 1.82) is 0 Å². The molecule has 0 aromatic rings. The number of aliphatic hydroxyl groups excluding tert-OH is 1. The fourth-order valence-corrected chi connectivity index (χ4v) is 2.27. The van der Waals surface area contributed by atoms with Crippen LogP contribution in [0.3, 0.4) is 0 Å². The van der Waals surface area contributed by atoms with E-state index in [0.29, 0.717) is 26.3 Å². The number of morpholine rings is 1. The molecule has 1 heterocycles. The summed E-state index contributed by atoms with van der Waals surface area (Å²) in [7, 11) is 0. The van der Waals surface area contributed by atoms with Crippen molar-refractivity contribution >= 4 is 0 Å². The average molecular weight is 403 g/mol. The van der Waals surface area contributed by atoms with Gasteiger partial charge in [-0.15, -0.1) is 0 Å². The third-order valence-corrected chi connectivity index (χ3v) is 3.74. The highest BCUT2D eigenvalue weighted by Gasteiger charge is 2.65. The number of hydrogen-bond donors (Lipinski definition) is 1. The molecule has 1 atom stereocenters. The Morgan fingerprint density at radius 2 is 1.62 bits per heavy atom. The molecule has 12 heteroatoms. The first-order valence-electron chi connectivity index (χ1n) is 7.85. The molecule has 1 saturated heterocycles. The van der Waals surface area contributed by atoms with Gasteiger partial charge in [-0.1, -0.05) is 0 Å². The predicted octanol–water partition coefficient (Wildman–Crippen LogP) is 2.65. The van der Waals surface area contributed by atoms with Crippen molar-refractivity contribution in [2.75, 3.05) is 46.1 Å². The van der Waals surface area contributed by atoms with Gasteiger partial charge in [-0.3, -0.25) is 4.90 Å². The lowest BCUT2D eigenvalue weighted by atomic mass is 10.0. The zero-order chi connectivity index (χ0) is 20.0. The third-order valence-electron chi connectivity index (χ3n) is 3.74. The maximum Gasteiger partial charge on any atom is 0.369 e. The molecule has 1 aliphatic rings. The molecule has 1 fully saturated rings.